The summed E-state index contributed by atoms with van der Waals surface area (Å²) in [5, 5.41) is 16.2. The highest BCUT2D eigenvalue weighted by Gasteiger charge is 2.25. The third-order valence-corrected chi connectivity index (χ3v) is 3.67. The molecule has 5 heteroatoms. The van der Waals surface area contributed by atoms with Crippen molar-refractivity contribution in [3.05, 3.63) is 71.9 Å². The summed E-state index contributed by atoms with van der Waals surface area (Å²) in [7, 11) is 0. The summed E-state index contributed by atoms with van der Waals surface area (Å²) < 4.78 is 0. The molecule has 23 heavy (non-hydrogen) atoms. The second kappa shape index (κ2) is 6.36. The van der Waals surface area contributed by atoms with Gasteiger partial charge in [0.05, 0.1) is 5.69 Å². The first-order valence-electron chi connectivity index (χ1n) is 7.23. The van der Waals surface area contributed by atoms with Crippen molar-refractivity contribution in [1.82, 2.24) is 10.6 Å². The summed E-state index contributed by atoms with van der Waals surface area (Å²) in [6.45, 7) is 0. The average molecular weight is 307 g/mol. The highest BCUT2D eigenvalue weighted by atomic mass is 16.4. The van der Waals surface area contributed by atoms with Gasteiger partial charge in [0.15, 0.2) is 0 Å². The maximum Gasteiger partial charge on any atom is 0.326 e. The Balaban J connectivity index is 1.74. The highest BCUT2D eigenvalue weighted by Crippen LogP contribution is 2.32. The first kappa shape index (κ1) is 14.8. The second-order valence-electron chi connectivity index (χ2n) is 5.24. The number of hydrogen-bond donors (Lipinski definition) is 2. The predicted octanol–water partition coefficient (Wildman–Crippen LogP) is 2.55. The van der Waals surface area contributed by atoms with Crippen LogP contribution >= 0.6 is 0 Å². The number of rotatable bonds is 5. The van der Waals surface area contributed by atoms with Crippen LogP contribution in [0.25, 0.3) is 5.57 Å². The minimum Gasteiger partial charge on any atom is -0.480 e. The number of para-hydroxylation sites is 1. The number of benzene rings is 2. The lowest BCUT2D eigenvalue weighted by Gasteiger charge is -2.15. The molecule has 1 aliphatic rings. The Morgan fingerprint density at radius 2 is 1.74 bits per heavy atom. The summed E-state index contributed by atoms with van der Waals surface area (Å²) in [6, 6.07) is 15.1. The topological polar surface area (TPSA) is 80.5 Å². The Bertz CT molecular complexity index is 769. The van der Waals surface area contributed by atoms with Crippen molar-refractivity contribution in [1.29, 1.82) is 0 Å². The van der Waals surface area contributed by atoms with Crippen LogP contribution in [-0.2, 0) is 4.79 Å². The van der Waals surface area contributed by atoms with Gasteiger partial charge in [0.2, 0.25) is 0 Å². The number of carbonyl (C=O) groups is 2. The van der Waals surface area contributed by atoms with Gasteiger partial charge in [0.25, 0.3) is 5.91 Å². The Kier molecular flexibility index (Phi) is 4.10. The van der Waals surface area contributed by atoms with Gasteiger partial charge >= 0.3 is 5.97 Å². The molecule has 0 saturated carbocycles. The lowest BCUT2D eigenvalue weighted by atomic mass is 10.00. The third-order valence-electron chi connectivity index (χ3n) is 3.67. The zero-order valence-corrected chi connectivity index (χ0v) is 12.3. The highest BCUT2D eigenvalue weighted by molar-refractivity contribution is 5.97. The summed E-state index contributed by atoms with van der Waals surface area (Å²) in [4.78, 5) is 23.7. The zero-order chi connectivity index (χ0) is 16.2. The molecular weight excluding hydrogens is 292 g/mol. The van der Waals surface area contributed by atoms with Crippen LogP contribution in [0.4, 0.5) is 5.69 Å². The van der Waals surface area contributed by atoms with E-state index in [-0.39, 0.29) is 6.42 Å². The van der Waals surface area contributed by atoms with E-state index in [0.29, 0.717) is 5.56 Å². The van der Waals surface area contributed by atoms with Crippen LogP contribution in [0.3, 0.4) is 0 Å². The second-order valence-corrected chi connectivity index (χ2v) is 5.24. The van der Waals surface area contributed by atoms with Crippen LogP contribution in [0, 0.1) is 0 Å². The third kappa shape index (κ3) is 3.23. The molecular formula is C18H15N2O3. The van der Waals surface area contributed by atoms with E-state index in [1.54, 1.807) is 36.5 Å². The maximum absolute atomic E-state index is 12.2. The standard InChI is InChI=1S/C18H15N2O3/c21-17(12-6-2-1-3-7-12)20-16(18(22)23)10-13-11-19-15-9-5-4-8-14(13)15/h1-9,11,16H,10H2,(H,20,21)(H,22,23). The number of carboxylic acids is 1. The number of nitrogens with one attached hydrogen (secondary N) is 1. The van der Waals surface area contributed by atoms with Gasteiger partial charge in [-0.25, -0.2) is 4.79 Å². The lowest BCUT2D eigenvalue weighted by Crippen LogP contribution is -2.40. The SMILES string of the molecule is O=C(NC(CC1=C[N]c2ccccc21)C(=O)O)c1ccccc1. The normalized spacial score (nSPS) is 13.5. The molecule has 0 saturated heterocycles. The molecule has 0 fully saturated rings. The fraction of sp³-hybridized carbons (Fsp3) is 0.111. The zero-order valence-electron chi connectivity index (χ0n) is 12.3. The molecule has 0 spiro atoms. The van der Waals surface area contributed by atoms with E-state index < -0.39 is 17.9 Å². The fourth-order valence-electron chi connectivity index (χ4n) is 2.49. The van der Waals surface area contributed by atoms with Gasteiger partial charge in [-0.05, 0) is 23.8 Å². The number of amides is 1. The van der Waals surface area contributed by atoms with Crippen LogP contribution in [0.1, 0.15) is 22.3 Å². The molecule has 1 unspecified atom stereocenters. The van der Waals surface area contributed by atoms with Gasteiger partial charge < -0.3 is 10.4 Å². The number of aliphatic carboxylic acids is 1. The predicted molar refractivity (Wildman–Crippen MR) is 86.2 cm³/mol. The average Bonchev–Trinajstić information content (AvgIpc) is 2.98. The van der Waals surface area contributed by atoms with E-state index in [4.69, 9.17) is 0 Å². The van der Waals surface area contributed by atoms with Gasteiger partial charge in [-0.1, -0.05) is 36.4 Å². The van der Waals surface area contributed by atoms with Crippen molar-refractivity contribution in [3.8, 4) is 0 Å². The quantitative estimate of drug-likeness (QED) is 0.890. The largest absolute Gasteiger partial charge is 0.480 e. The summed E-state index contributed by atoms with van der Waals surface area (Å²) in [5.74, 6) is -1.47. The van der Waals surface area contributed by atoms with Crippen molar-refractivity contribution >= 4 is 23.1 Å². The number of carbonyl (C=O) groups excluding carboxylic acids is 1. The number of nitrogens with zero attached hydrogens (tertiary/aromatic N) is 1. The van der Waals surface area contributed by atoms with E-state index in [2.05, 4.69) is 10.6 Å². The van der Waals surface area contributed by atoms with Crippen LogP contribution in [0.5, 0.6) is 0 Å². The molecule has 1 heterocycles. The van der Waals surface area contributed by atoms with Gasteiger partial charge in [-0.15, -0.1) is 0 Å². The van der Waals surface area contributed by atoms with Crippen molar-refractivity contribution in [2.24, 2.45) is 0 Å². The Morgan fingerprint density at radius 3 is 2.48 bits per heavy atom. The van der Waals surface area contributed by atoms with E-state index >= 15 is 0 Å². The molecule has 2 aromatic carbocycles. The van der Waals surface area contributed by atoms with Gasteiger partial charge in [0, 0.05) is 23.7 Å². The monoisotopic (exact) mass is 307 g/mol. The van der Waals surface area contributed by atoms with Crippen molar-refractivity contribution in [2.45, 2.75) is 12.5 Å². The van der Waals surface area contributed by atoms with E-state index in [1.807, 2.05) is 24.3 Å². The molecule has 1 radical (unpaired) electrons. The van der Waals surface area contributed by atoms with Crippen LogP contribution in [0.2, 0.25) is 0 Å². The van der Waals surface area contributed by atoms with E-state index in [0.717, 1.165) is 16.8 Å². The molecule has 0 bridgehead atoms. The van der Waals surface area contributed by atoms with E-state index in [9.17, 15) is 14.7 Å². The van der Waals surface area contributed by atoms with Crippen LogP contribution in [0.15, 0.2) is 60.8 Å². The maximum atomic E-state index is 12.2. The van der Waals surface area contributed by atoms with Crippen LogP contribution < -0.4 is 10.6 Å². The molecule has 3 rings (SSSR count). The Labute approximate surface area is 133 Å². The smallest absolute Gasteiger partial charge is 0.326 e. The van der Waals surface area contributed by atoms with Gasteiger partial charge in [-0.2, -0.15) is 0 Å². The first-order chi connectivity index (χ1) is 11.1. The minimum atomic E-state index is -1.07. The molecule has 1 amide bonds. The number of carboxylic acid groups (broad SMARTS) is 1. The molecule has 0 aromatic heterocycles. The number of fused-ring (bicyclic) bond motifs is 1. The fourth-order valence-corrected chi connectivity index (χ4v) is 2.49. The van der Waals surface area contributed by atoms with Gasteiger partial charge in [-0.3, -0.25) is 10.1 Å². The molecule has 0 aliphatic carbocycles. The Morgan fingerprint density at radius 1 is 1.04 bits per heavy atom. The summed E-state index contributed by atoms with van der Waals surface area (Å²) in [5.41, 5.74) is 2.97. The van der Waals surface area contributed by atoms with E-state index in [1.165, 1.54) is 0 Å². The molecule has 5 nitrogen and oxygen atoms in total. The van der Waals surface area contributed by atoms with Crippen molar-refractivity contribution in [3.63, 3.8) is 0 Å². The first-order valence-corrected chi connectivity index (χ1v) is 7.23. The summed E-state index contributed by atoms with van der Waals surface area (Å²) >= 11 is 0. The van der Waals surface area contributed by atoms with Crippen LogP contribution in [-0.4, -0.2) is 23.0 Å². The molecule has 2 N–H and O–H groups in total. The molecule has 2 aromatic rings. The van der Waals surface area contributed by atoms with Crippen molar-refractivity contribution < 1.29 is 14.7 Å². The summed E-state index contributed by atoms with van der Waals surface area (Å²) in [6.07, 6.45) is 1.85. The lowest BCUT2D eigenvalue weighted by molar-refractivity contribution is -0.139. The van der Waals surface area contributed by atoms with Gasteiger partial charge in [0.1, 0.15) is 6.04 Å². The molecule has 115 valence electrons. The minimum absolute atomic E-state index is 0.189. The molecule has 1 atom stereocenters. The molecule has 1 aliphatic heterocycles. The number of hydrogen-bond acceptors (Lipinski definition) is 2. The van der Waals surface area contributed by atoms with Crippen molar-refractivity contribution in [2.75, 3.05) is 0 Å². The Hall–Kier alpha value is -3.08.